The van der Waals surface area contributed by atoms with E-state index in [9.17, 15) is 38.5 Å². The number of benzene rings is 3. The van der Waals surface area contributed by atoms with Crippen LogP contribution in [0.15, 0.2) is 65.6 Å². The average molecular weight is 933 g/mol. The molecule has 26 heteroatoms. The first-order valence-corrected chi connectivity index (χ1v) is 20.4. The first-order valence-electron chi connectivity index (χ1n) is 17.6. The van der Waals surface area contributed by atoms with E-state index >= 15 is 0 Å². The van der Waals surface area contributed by atoms with Crippen LogP contribution in [0.5, 0.6) is 0 Å². The Morgan fingerprint density at radius 1 is 0.694 bits per heavy atom. The van der Waals surface area contributed by atoms with Crippen molar-refractivity contribution in [3.05, 3.63) is 100 Å². The number of nitrogens with zero attached hydrogens (tertiary/aromatic N) is 8. The van der Waals surface area contributed by atoms with Crippen molar-refractivity contribution in [3.63, 3.8) is 0 Å². The quantitative estimate of drug-likeness (QED) is 0.0166. The molecule has 21 nitrogen and oxygen atoms in total. The van der Waals surface area contributed by atoms with Crippen LogP contribution in [0.25, 0.3) is 12.2 Å². The summed E-state index contributed by atoms with van der Waals surface area (Å²) in [6.07, 6.45) is 3.31. The predicted molar refractivity (Wildman–Crippen MR) is 217 cm³/mol. The van der Waals surface area contributed by atoms with Crippen LogP contribution in [-0.4, -0.2) is 134 Å². The van der Waals surface area contributed by atoms with Crippen molar-refractivity contribution in [3.8, 4) is 0 Å². The molecule has 0 aliphatic rings. The SMILES string of the molecule is O=S(=O)([O-])c1cc(Nc2nc(Cc3ccc(CO)cc3)nc(N(CCO)CCO)n2)ccc1/C=C/c1[c-]cc(Nc2nc(Cl)nc(N(CCO)CCO)n2)cc1.O=S(=O)=O.[Na+].[Na+]. The van der Waals surface area contributed by atoms with Gasteiger partial charge in [-0.05, 0) is 46.1 Å². The van der Waals surface area contributed by atoms with E-state index in [-0.39, 0.29) is 165 Å². The third-order valence-corrected chi connectivity index (χ3v) is 9.02. The monoisotopic (exact) mass is 932 g/mol. The van der Waals surface area contributed by atoms with E-state index < -0.39 is 25.6 Å². The van der Waals surface area contributed by atoms with Crippen LogP contribution in [0, 0.1) is 6.07 Å². The Morgan fingerprint density at radius 2 is 1.21 bits per heavy atom. The predicted octanol–water partition coefficient (Wildman–Crippen LogP) is -5.26. The van der Waals surface area contributed by atoms with Crippen LogP contribution >= 0.6 is 11.6 Å². The number of aliphatic hydroxyl groups excluding tert-OH is 5. The van der Waals surface area contributed by atoms with Gasteiger partial charge in [0.15, 0.2) is 0 Å². The number of hydrogen-bond acceptors (Lipinski definition) is 21. The van der Waals surface area contributed by atoms with Crippen LogP contribution in [0.3, 0.4) is 0 Å². The molecule has 0 radical (unpaired) electrons. The van der Waals surface area contributed by atoms with Crippen molar-refractivity contribution >= 4 is 79.6 Å². The molecule has 62 heavy (non-hydrogen) atoms. The largest absolute Gasteiger partial charge is 1.00 e. The molecular formula is C36H39ClN10Na2O11S2. The molecule has 7 N–H and O–H groups in total. The Hall–Kier alpha value is -3.76. The van der Waals surface area contributed by atoms with Crippen molar-refractivity contribution in [1.29, 1.82) is 0 Å². The van der Waals surface area contributed by atoms with Crippen molar-refractivity contribution in [2.45, 2.75) is 17.9 Å². The van der Waals surface area contributed by atoms with Crippen molar-refractivity contribution < 1.29 is 110 Å². The molecule has 0 saturated heterocycles. The van der Waals surface area contributed by atoms with E-state index in [2.05, 4.69) is 46.6 Å². The van der Waals surface area contributed by atoms with Gasteiger partial charge in [-0.1, -0.05) is 36.4 Å². The Balaban J connectivity index is 0.00000211. The third-order valence-electron chi connectivity index (χ3n) is 7.95. The topological polar surface area (TPSA) is 317 Å². The second-order valence-corrected chi connectivity index (χ2v) is 14.2. The van der Waals surface area contributed by atoms with Crippen molar-refractivity contribution in [2.24, 2.45) is 0 Å². The summed E-state index contributed by atoms with van der Waals surface area (Å²) in [5.41, 5.74) is 2.96. The molecule has 0 saturated carbocycles. The summed E-state index contributed by atoms with van der Waals surface area (Å²) >= 11 is 6.09. The van der Waals surface area contributed by atoms with Gasteiger partial charge < -0.3 is 50.5 Å². The summed E-state index contributed by atoms with van der Waals surface area (Å²) in [4.78, 5) is 28.5. The van der Waals surface area contributed by atoms with Crippen LogP contribution in [0.4, 0.5) is 35.2 Å². The molecule has 0 atom stereocenters. The first-order chi connectivity index (χ1) is 28.7. The van der Waals surface area contributed by atoms with Gasteiger partial charge in [-0.25, -0.2) is 8.42 Å². The molecule has 0 spiro atoms. The van der Waals surface area contributed by atoms with E-state index in [1.807, 2.05) is 12.1 Å². The standard InChI is InChI=1S/C36H40ClN10O8S.2Na.O3S/c37-32-42-34(45-36(43-32)47(15-19-50)16-20-51)38-28-10-6-24(7-11-28)5-8-27-9-12-29(22-30(27)56(53,54)55)39-33-40-31(21-25-1-3-26(23-52)4-2-25)41-35(44-33)46(13-17-48)14-18-49;;;1-4(2)3/h1-6,8-12,22,48-52H,13-21,23H2,(H,53,54,55)(H,38,42,43,45)(H,39,40,41,44);;;/q-1;2*+1;/p-1/b8-5+;;;. The zero-order chi connectivity index (χ0) is 43.7. The van der Waals surface area contributed by atoms with Gasteiger partial charge in [0.1, 0.15) is 15.9 Å². The van der Waals surface area contributed by atoms with Crippen LogP contribution in [0.1, 0.15) is 28.1 Å². The molecule has 320 valence electrons. The summed E-state index contributed by atoms with van der Waals surface area (Å²) in [5, 5.41) is 53.2. The molecule has 2 heterocycles. The van der Waals surface area contributed by atoms with Crippen molar-refractivity contribution in [2.75, 3.05) is 73.0 Å². The van der Waals surface area contributed by atoms with Crippen LogP contribution in [-0.2, 0) is 33.8 Å². The Kier molecular flexibility index (Phi) is 24.1. The molecule has 2 aromatic heterocycles. The minimum absolute atomic E-state index is 0. The average Bonchev–Trinajstić information content (AvgIpc) is 3.20. The number of anilines is 6. The van der Waals surface area contributed by atoms with Gasteiger partial charge in [-0.3, -0.25) is 0 Å². The van der Waals surface area contributed by atoms with Crippen LogP contribution in [0.2, 0.25) is 5.28 Å². The summed E-state index contributed by atoms with van der Waals surface area (Å²) in [6, 6.07) is 19.4. The van der Waals surface area contributed by atoms with Gasteiger partial charge >= 0.3 is 69.7 Å². The maximum Gasteiger partial charge on any atom is 1.00 e. The smallest absolute Gasteiger partial charge is 0.744 e. The molecule has 3 aromatic carbocycles. The number of halogens is 1. The molecule has 0 aliphatic carbocycles. The van der Waals surface area contributed by atoms with Gasteiger partial charge in [-0.15, -0.1) is 43.0 Å². The van der Waals surface area contributed by atoms with E-state index in [0.29, 0.717) is 17.1 Å². The zero-order valence-corrected chi connectivity index (χ0v) is 39.8. The summed E-state index contributed by atoms with van der Waals surface area (Å²) < 4.78 is 62.7. The fourth-order valence-electron chi connectivity index (χ4n) is 5.29. The third kappa shape index (κ3) is 17.8. The molecule has 0 bridgehead atoms. The van der Waals surface area contributed by atoms with Gasteiger partial charge in [0.05, 0.1) is 37.9 Å². The molecule has 5 rings (SSSR count). The molecule has 0 fully saturated rings. The molecule has 5 aromatic rings. The Morgan fingerprint density at radius 3 is 1.73 bits per heavy atom. The summed E-state index contributed by atoms with van der Waals surface area (Å²) in [5.74, 6) is 0.792. The molecule has 0 unspecified atom stereocenters. The van der Waals surface area contributed by atoms with E-state index in [4.69, 9.17) is 24.2 Å². The number of aromatic nitrogens is 6. The number of hydrogen-bond donors (Lipinski definition) is 7. The molecule has 0 aliphatic heterocycles. The number of nitrogens with one attached hydrogen (secondary N) is 2. The van der Waals surface area contributed by atoms with Gasteiger partial charge in [-0.2, -0.15) is 35.5 Å². The maximum absolute atomic E-state index is 12.4. The zero-order valence-electron chi connectivity index (χ0n) is 33.5. The molecular weight excluding hydrogens is 894 g/mol. The minimum atomic E-state index is -4.96. The fraction of sp³-hybridized carbons (Fsp3) is 0.278. The van der Waals surface area contributed by atoms with Gasteiger partial charge in [0.2, 0.25) is 29.1 Å². The minimum Gasteiger partial charge on any atom is -0.744 e. The fourth-order valence-corrected chi connectivity index (χ4v) is 6.15. The maximum atomic E-state index is 12.4. The number of rotatable bonds is 20. The summed E-state index contributed by atoms with van der Waals surface area (Å²) in [6.45, 7) is -0.374. The van der Waals surface area contributed by atoms with Crippen LogP contribution < -0.4 is 79.5 Å². The van der Waals surface area contributed by atoms with E-state index in [1.165, 1.54) is 18.2 Å². The van der Waals surface area contributed by atoms with Crippen molar-refractivity contribution in [1.82, 2.24) is 29.9 Å². The number of aliphatic hydroxyl groups is 5. The first kappa shape index (κ1) is 54.4. The van der Waals surface area contributed by atoms with E-state index in [0.717, 1.165) is 11.1 Å². The normalized spacial score (nSPS) is 10.8. The Bertz CT molecular complexity index is 2430. The second kappa shape index (κ2) is 27.4. The second-order valence-electron chi connectivity index (χ2n) is 12.2. The van der Waals surface area contributed by atoms with Gasteiger partial charge in [0, 0.05) is 38.3 Å². The van der Waals surface area contributed by atoms with E-state index in [1.54, 1.807) is 52.3 Å². The molecule has 0 amide bonds. The van der Waals surface area contributed by atoms with Gasteiger partial charge in [0.25, 0.3) is 0 Å². The Labute approximate surface area is 407 Å². The summed E-state index contributed by atoms with van der Waals surface area (Å²) in [7, 11) is -8.07.